The van der Waals surface area contributed by atoms with E-state index in [2.05, 4.69) is 5.32 Å². The van der Waals surface area contributed by atoms with Crippen LogP contribution in [0.3, 0.4) is 0 Å². The van der Waals surface area contributed by atoms with Crippen LogP contribution in [0.1, 0.15) is 74.1 Å². The molecular formula is C32H30F4N2O2. The van der Waals surface area contributed by atoms with Gasteiger partial charge in [-0.1, -0.05) is 56.2 Å². The molecular weight excluding hydrogens is 520 g/mol. The molecule has 1 heterocycles. The Balaban J connectivity index is 1.66. The molecule has 0 fully saturated rings. The van der Waals surface area contributed by atoms with Crippen LogP contribution in [0, 0.1) is 5.82 Å². The van der Waals surface area contributed by atoms with Crippen molar-refractivity contribution in [1.82, 2.24) is 0 Å². The zero-order chi connectivity index (χ0) is 28.4. The van der Waals surface area contributed by atoms with Gasteiger partial charge in [0.05, 0.1) is 23.0 Å². The first-order valence-corrected chi connectivity index (χ1v) is 13.5. The molecule has 0 radical (unpaired) electrons. The molecule has 0 saturated heterocycles. The van der Waals surface area contributed by atoms with Gasteiger partial charge in [0.25, 0.3) is 0 Å². The van der Waals surface area contributed by atoms with E-state index >= 15 is 0 Å². The van der Waals surface area contributed by atoms with Gasteiger partial charge in [-0.25, -0.2) is 4.39 Å². The van der Waals surface area contributed by atoms with E-state index in [0.29, 0.717) is 41.1 Å². The zero-order valence-corrected chi connectivity index (χ0v) is 22.1. The average Bonchev–Trinajstić information content (AvgIpc) is 3.08. The van der Waals surface area contributed by atoms with E-state index in [-0.39, 0.29) is 36.3 Å². The van der Waals surface area contributed by atoms with Gasteiger partial charge in [0.2, 0.25) is 5.91 Å². The van der Waals surface area contributed by atoms with Crippen LogP contribution in [0.25, 0.3) is 0 Å². The number of alkyl halides is 3. The molecule has 0 bridgehead atoms. The van der Waals surface area contributed by atoms with E-state index in [1.165, 1.54) is 24.3 Å². The summed E-state index contributed by atoms with van der Waals surface area (Å²) in [6.07, 6.45) is -1.27. The summed E-state index contributed by atoms with van der Waals surface area (Å²) < 4.78 is 53.8. The van der Waals surface area contributed by atoms with Gasteiger partial charge in [0, 0.05) is 24.1 Å². The lowest BCUT2D eigenvalue weighted by Crippen LogP contribution is -2.38. The first-order chi connectivity index (χ1) is 19.2. The van der Waals surface area contributed by atoms with Crippen LogP contribution < -0.4 is 10.2 Å². The van der Waals surface area contributed by atoms with Crippen LogP contribution in [-0.2, 0) is 15.8 Å². The number of nitrogens with zero attached hydrogens (tertiary/aromatic N) is 1. The molecule has 2 aliphatic rings. The minimum atomic E-state index is -4.51. The highest BCUT2D eigenvalue weighted by Gasteiger charge is 2.42. The van der Waals surface area contributed by atoms with Crippen molar-refractivity contribution >= 4 is 23.1 Å². The molecule has 1 aliphatic carbocycles. The number of unbranched alkanes of at least 4 members (excludes halogenated alkanes) is 2. The van der Waals surface area contributed by atoms with Gasteiger partial charge < -0.3 is 5.32 Å². The molecule has 2 atom stereocenters. The second kappa shape index (κ2) is 11.3. The van der Waals surface area contributed by atoms with Crippen molar-refractivity contribution < 1.29 is 27.2 Å². The maximum atomic E-state index is 13.9. The Morgan fingerprint density at radius 1 is 0.925 bits per heavy atom. The fraction of sp³-hybridized carbons (Fsp3) is 0.312. The van der Waals surface area contributed by atoms with E-state index in [0.717, 1.165) is 30.5 Å². The van der Waals surface area contributed by atoms with Gasteiger partial charge in [0.15, 0.2) is 5.78 Å². The average molecular weight is 551 g/mol. The number of Topliss-reactive ketones (excluding diaryl/α,β-unsaturated/α-hetero) is 1. The number of amides is 1. The third-order valence-corrected chi connectivity index (χ3v) is 7.65. The minimum Gasteiger partial charge on any atom is -0.357 e. The highest BCUT2D eigenvalue weighted by atomic mass is 19.4. The number of fused-ring (bicyclic) bond motifs is 1. The number of carbonyl (C=O) groups excluding carboxylic acids is 2. The number of nitrogens with one attached hydrogen (secondary N) is 1. The molecule has 3 aromatic rings. The predicted molar refractivity (Wildman–Crippen MR) is 146 cm³/mol. The minimum absolute atomic E-state index is 0.136. The van der Waals surface area contributed by atoms with Crippen molar-refractivity contribution in [1.29, 1.82) is 0 Å². The first kappa shape index (κ1) is 27.6. The lowest BCUT2D eigenvalue weighted by atomic mass is 9.78. The quantitative estimate of drug-likeness (QED) is 0.248. The Morgan fingerprint density at radius 2 is 1.60 bits per heavy atom. The van der Waals surface area contributed by atoms with Gasteiger partial charge in [0.1, 0.15) is 5.82 Å². The third kappa shape index (κ3) is 5.53. The van der Waals surface area contributed by atoms with Crippen molar-refractivity contribution in [3.63, 3.8) is 0 Å². The molecule has 0 spiro atoms. The van der Waals surface area contributed by atoms with Gasteiger partial charge in [-0.3, -0.25) is 14.5 Å². The fourth-order valence-electron chi connectivity index (χ4n) is 5.65. The number of ketones is 1. The first-order valence-electron chi connectivity index (χ1n) is 13.5. The van der Waals surface area contributed by atoms with E-state index in [9.17, 15) is 27.2 Å². The van der Waals surface area contributed by atoms with E-state index in [1.54, 1.807) is 29.2 Å². The highest BCUT2D eigenvalue weighted by molar-refractivity contribution is 6.06. The summed E-state index contributed by atoms with van der Waals surface area (Å²) in [6, 6.07) is 17.1. The maximum Gasteiger partial charge on any atom is 0.416 e. The predicted octanol–water partition coefficient (Wildman–Crippen LogP) is 8.33. The number of halogens is 4. The number of anilines is 2. The number of carbonyl (C=O) groups is 2. The number of para-hydroxylation sites is 2. The molecule has 8 heteroatoms. The lowest BCUT2D eigenvalue weighted by Gasteiger charge is -2.35. The van der Waals surface area contributed by atoms with Gasteiger partial charge >= 0.3 is 6.18 Å². The Hall–Kier alpha value is -3.94. The second-order valence-electron chi connectivity index (χ2n) is 10.4. The van der Waals surface area contributed by atoms with Gasteiger partial charge in [-0.05, 0) is 66.3 Å². The van der Waals surface area contributed by atoms with Crippen molar-refractivity contribution in [2.45, 2.75) is 63.6 Å². The van der Waals surface area contributed by atoms with Crippen LogP contribution in [0.2, 0.25) is 0 Å². The van der Waals surface area contributed by atoms with Crippen molar-refractivity contribution in [2.75, 3.05) is 10.2 Å². The molecule has 0 saturated carbocycles. The largest absolute Gasteiger partial charge is 0.416 e. The molecule has 0 unspecified atom stereocenters. The summed E-state index contributed by atoms with van der Waals surface area (Å²) in [7, 11) is 0. The highest BCUT2D eigenvalue weighted by Crippen LogP contribution is 2.48. The SMILES string of the molecule is CCCCCC(=O)N1c2ccccc2NC2=C(C(=O)C[C@@H](c3ccc(F)cc3)C2)[C@@H]1c1ccc(C(F)(F)F)cc1. The van der Waals surface area contributed by atoms with Crippen LogP contribution in [0.4, 0.5) is 28.9 Å². The Kier molecular flexibility index (Phi) is 7.79. The normalized spacial score (nSPS) is 19.0. The number of allylic oxidation sites excluding steroid dienone is 1. The van der Waals surface area contributed by atoms with Crippen molar-refractivity contribution in [2.24, 2.45) is 0 Å². The summed E-state index contributed by atoms with van der Waals surface area (Å²) in [5.74, 6) is -0.986. The van der Waals surface area contributed by atoms with Crippen molar-refractivity contribution in [3.05, 3.63) is 107 Å². The fourth-order valence-corrected chi connectivity index (χ4v) is 5.65. The van der Waals surface area contributed by atoms with Gasteiger partial charge in [-0.2, -0.15) is 13.2 Å². The van der Waals surface area contributed by atoms with Gasteiger partial charge in [-0.15, -0.1) is 0 Å². The standard InChI is InChI=1S/C32H30F4N2O2/c1-2-3-4-9-29(40)38-27-8-6-5-7-25(27)37-26-18-22(20-12-16-24(33)17-13-20)19-28(39)30(26)31(38)21-10-14-23(15-11-21)32(34,35)36/h5-8,10-17,22,31,37H,2-4,9,18-19H2,1H3/t22-,31-/m0/s1. The molecule has 5 rings (SSSR count). The van der Waals surface area contributed by atoms with E-state index in [4.69, 9.17) is 0 Å². The summed E-state index contributed by atoms with van der Waals surface area (Å²) >= 11 is 0. The molecule has 4 nitrogen and oxygen atoms in total. The number of hydrogen-bond acceptors (Lipinski definition) is 3. The Bertz CT molecular complexity index is 1430. The van der Waals surface area contributed by atoms with Crippen molar-refractivity contribution in [3.8, 4) is 0 Å². The molecule has 3 aromatic carbocycles. The molecule has 1 N–H and O–H groups in total. The number of hydrogen-bond donors (Lipinski definition) is 1. The van der Waals surface area contributed by atoms with E-state index in [1.807, 2.05) is 19.1 Å². The maximum absolute atomic E-state index is 13.9. The summed E-state index contributed by atoms with van der Waals surface area (Å²) in [6.45, 7) is 2.04. The van der Waals surface area contributed by atoms with Crippen LogP contribution in [-0.4, -0.2) is 11.7 Å². The smallest absolute Gasteiger partial charge is 0.357 e. The molecule has 208 valence electrons. The third-order valence-electron chi connectivity index (χ3n) is 7.65. The Morgan fingerprint density at radius 3 is 2.27 bits per heavy atom. The number of benzene rings is 3. The monoisotopic (exact) mass is 550 g/mol. The van der Waals surface area contributed by atoms with E-state index < -0.39 is 17.8 Å². The molecule has 1 amide bonds. The molecule has 40 heavy (non-hydrogen) atoms. The topological polar surface area (TPSA) is 49.4 Å². The van der Waals surface area contributed by atoms with Crippen LogP contribution in [0.15, 0.2) is 84.1 Å². The van der Waals surface area contributed by atoms with Crippen LogP contribution >= 0.6 is 0 Å². The Labute approximate surface area is 230 Å². The summed E-state index contributed by atoms with van der Waals surface area (Å²) in [5, 5.41) is 3.40. The molecule has 0 aromatic heterocycles. The lowest BCUT2D eigenvalue weighted by molar-refractivity contribution is -0.137. The molecule has 1 aliphatic heterocycles. The summed E-state index contributed by atoms with van der Waals surface area (Å²) in [4.78, 5) is 29.4. The second-order valence-corrected chi connectivity index (χ2v) is 10.4. The zero-order valence-electron chi connectivity index (χ0n) is 22.1. The van der Waals surface area contributed by atoms with Crippen LogP contribution in [0.5, 0.6) is 0 Å². The number of rotatable bonds is 6. The summed E-state index contributed by atoms with van der Waals surface area (Å²) in [5.41, 5.74) is 2.64.